The molecule has 0 aliphatic heterocycles. The molecule has 3 rings (SSSR count). The van der Waals surface area contributed by atoms with Crippen LogP contribution in [-0.4, -0.2) is 32.2 Å². The number of carbonyl (C=O) groups is 2. The van der Waals surface area contributed by atoms with E-state index in [1.807, 2.05) is 23.7 Å². The maximum atomic E-state index is 12.3. The summed E-state index contributed by atoms with van der Waals surface area (Å²) in [5.41, 5.74) is 3.43. The van der Waals surface area contributed by atoms with Crippen molar-refractivity contribution in [1.82, 2.24) is 14.8 Å². The van der Waals surface area contributed by atoms with E-state index in [0.29, 0.717) is 22.3 Å². The molecule has 6 nitrogen and oxygen atoms in total. The standard InChI is InChI=1S/C22H24N4O2S/c1-14(2)16-8-10-17(11-9-16)21-24-25-22(26(21)4)29-13-20(28)23-19-7-5-6-18(12-19)15(3)27/h5-12,14H,13H2,1-4H3,(H,23,28). The molecular weight excluding hydrogens is 384 g/mol. The van der Waals surface area contributed by atoms with Gasteiger partial charge in [0.05, 0.1) is 5.75 Å². The van der Waals surface area contributed by atoms with Gasteiger partial charge in [-0.1, -0.05) is 62.0 Å². The monoisotopic (exact) mass is 408 g/mol. The van der Waals surface area contributed by atoms with E-state index in [4.69, 9.17) is 0 Å². The third-order valence-electron chi connectivity index (χ3n) is 4.56. The topological polar surface area (TPSA) is 76.9 Å². The molecule has 3 aromatic rings. The molecule has 0 spiro atoms. The molecule has 1 aromatic heterocycles. The minimum absolute atomic E-state index is 0.0384. The highest BCUT2D eigenvalue weighted by Gasteiger charge is 2.13. The van der Waals surface area contributed by atoms with Gasteiger partial charge >= 0.3 is 0 Å². The Kier molecular flexibility index (Phi) is 6.49. The summed E-state index contributed by atoms with van der Waals surface area (Å²) in [6.07, 6.45) is 0. The summed E-state index contributed by atoms with van der Waals surface area (Å²) in [6.45, 7) is 5.82. The summed E-state index contributed by atoms with van der Waals surface area (Å²) in [5.74, 6) is 1.23. The van der Waals surface area contributed by atoms with E-state index >= 15 is 0 Å². The van der Waals surface area contributed by atoms with Crippen LogP contribution in [0.1, 0.15) is 42.6 Å². The minimum Gasteiger partial charge on any atom is -0.325 e. The number of carbonyl (C=O) groups excluding carboxylic acids is 2. The number of aromatic nitrogens is 3. The summed E-state index contributed by atoms with van der Waals surface area (Å²) in [4.78, 5) is 23.7. The first-order valence-electron chi connectivity index (χ1n) is 9.38. The predicted octanol–water partition coefficient (Wildman–Crippen LogP) is 4.54. The number of thioether (sulfide) groups is 1. The van der Waals surface area contributed by atoms with Crippen molar-refractivity contribution in [3.05, 3.63) is 59.7 Å². The Morgan fingerprint density at radius 2 is 1.83 bits per heavy atom. The predicted molar refractivity (Wildman–Crippen MR) is 116 cm³/mol. The molecular formula is C22H24N4O2S. The summed E-state index contributed by atoms with van der Waals surface area (Å²) < 4.78 is 1.89. The Hall–Kier alpha value is -2.93. The Morgan fingerprint density at radius 3 is 2.48 bits per heavy atom. The van der Waals surface area contributed by atoms with Crippen LogP contribution in [0.4, 0.5) is 5.69 Å². The van der Waals surface area contributed by atoms with E-state index in [2.05, 4.69) is 41.5 Å². The quantitative estimate of drug-likeness (QED) is 0.459. The Labute approximate surface area is 174 Å². The van der Waals surface area contributed by atoms with Crippen LogP contribution in [0.15, 0.2) is 53.7 Å². The van der Waals surface area contributed by atoms with E-state index in [9.17, 15) is 9.59 Å². The number of nitrogens with one attached hydrogen (secondary N) is 1. The molecule has 0 saturated carbocycles. The van der Waals surface area contributed by atoms with E-state index < -0.39 is 0 Å². The van der Waals surface area contributed by atoms with Crippen molar-refractivity contribution in [2.75, 3.05) is 11.1 Å². The molecule has 29 heavy (non-hydrogen) atoms. The average Bonchev–Trinajstić information content (AvgIpc) is 3.07. The Bertz CT molecular complexity index is 1030. The van der Waals surface area contributed by atoms with E-state index in [-0.39, 0.29) is 17.4 Å². The van der Waals surface area contributed by atoms with Crippen molar-refractivity contribution >= 4 is 29.1 Å². The Morgan fingerprint density at radius 1 is 1.10 bits per heavy atom. The number of rotatable bonds is 7. The van der Waals surface area contributed by atoms with Crippen LogP contribution >= 0.6 is 11.8 Å². The van der Waals surface area contributed by atoms with Crippen LogP contribution in [0.3, 0.4) is 0 Å². The fraction of sp³-hybridized carbons (Fsp3) is 0.273. The van der Waals surface area contributed by atoms with E-state index in [0.717, 1.165) is 11.4 Å². The molecule has 1 heterocycles. The second kappa shape index (κ2) is 9.05. The molecule has 0 aliphatic rings. The number of hydrogen-bond donors (Lipinski definition) is 1. The number of nitrogens with zero attached hydrogens (tertiary/aromatic N) is 3. The van der Waals surface area contributed by atoms with E-state index in [1.54, 1.807) is 24.3 Å². The zero-order valence-corrected chi connectivity index (χ0v) is 17.8. The van der Waals surface area contributed by atoms with Gasteiger partial charge in [0.1, 0.15) is 0 Å². The molecule has 0 bridgehead atoms. The molecule has 1 N–H and O–H groups in total. The fourth-order valence-electron chi connectivity index (χ4n) is 2.85. The van der Waals surface area contributed by atoms with Crippen molar-refractivity contribution in [1.29, 1.82) is 0 Å². The smallest absolute Gasteiger partial charge is 0.234 e. The van der Waals surface area contributed by atoms with Crippen molar-refractivity contribution in [2.45, 2.75) is 31.8 Å². The molecule has 0 aliphatic carbocycles. The summed E-state index contributed by atoms with van der Waals surface area (Å²) in [6, 6.07) is 15.2. The zero-order chi connectivity index (χ0) is 21.0. The van der Waals surface area contributed by atoms with E-state index in [1.165, 1.54) is 24.2 Å². The molecule has 0 atom stereocenters. The molecule has 0 saturated heterocycles. The van der Waals surface area contributed by atoms with Crippen LogP contribution in [0.25, 0.3) is 11.4 Å². The van der Waals surface area contributed by atoms with Crippen molar-refractivity contribution in [3.63, 3.8) is 0 Å². The molecule has 0 fully saturated rings. The van der Waals surface area contributed by atoms with Gasteiger partial charge in [0, 0.05) is 23.9 Å². The SMILES string of the molecule is CC(=O)c1cccc(NC(=O)CSc2nnc(-c3ccc(C(C)C)cc3)n2C)c1. The third-order valence-corrected chi connectivity index (χ3v) is 5.58. The lowest BCUT2D eigenvalue weighted by atomic mass is 10.0. The lowest BCUT2D eigenvalue weighted by molar-refractivity contribution is -0.113. The largest absolute Gasteiger partial charge is 0.325 e. The maximum absolute atomic E-state index is 12.3. The maximum Gasteiger partial charge on any atom is 0.234 e. The van der Waals surface area contributed by atoms with Crippen LogP contribution in [0.5, 0.6) is 0 Å². The summed E-state index contributed by atoms with van der Waals surface area (Å²) in [7, 11) is 1.89. The van der Waals surface area contributed by atoms with Gasteiger partial charge in [0.25, 0.3) is 0 Å². The zero-order valence-electron chi connectivity index (χ0n) is 17.0. The lowest BCUT2D eigenvalue weighted by Gasteiger charge is -2.08. The second-order valence-electron chi connectivity index (χ2n) is 7.12. The number of anilines is 1. The van der Waals surface area contributed by atoms with Gasteiger partial charge in [-0.15, -0.1) is 10.2 Å². The van der Waals surface area contributed by atoms with Crippen molar-refractivity contribution in [2.24, 2.45) is 7.05 Å². The highest BCUT2D eigenvalue weighted by atomic mass is 32.2. The molecule has 0 radical (unpaired) electrons. The summed E-state index contributed by atoms with van der Waals surface area (Å²) >= 11 is 1.32. The van der Waals surface area contributed by atoms with Gasteiger partial charge in [-0.05, 0) is 30.5 Å². The first kappa shape index (κ1) is 20.8. The third kappa shape index (κ3) is 5.12. The normalized spacial score (nSPS) is 10.9. The Balaban J connectivity index is 1.63. The number of hydrogen-bond acceptors (Lipinski definition) is 5. The number of ketones is 1. The van der Waals surface area contributed by atoms with Crippen molar-refractivity contribution in [3.8, 4) is 11.4 Å². The molecule has 7 heteroatoms. The van der Waals surface area contributed by atoms with Gasteiger partial charge < -0.3 is 9.88 Å². The average molecular weight is 409 g/mol. The van der Waals surface area contributed by atoms with Crippen LogP contribution in [0.2, 0.25) is 0 Å². The van der Waals surface area contributed by atoms with Crippen LogP contribution < -0.4 is 5.32 Å². The van der Waals surface area contributed by atoms with Gasteiger partial charge in [-0.25, -0.2) is 0 Å². The highest BCUT2D eigenvalue weighted by Crippen LogP contribution is 2.24. The molecule has 0 unspecified atom stereocenters. The number of Topliss-reactive ketones (excluding diaryl/α,β-unsaturated/α-hetero) is 1. The van der Waals surface area contributed by atoms with Gasteiger partial charge in [0.2, 0.25) is 5.91 Å². The van der Waals surface area contributed by atoms with Crippen molar-refractivity contribution < 1.29 is 9.59 Å². The van der Waals surface area contributed by atoms with Gasteiger partial charge in [-0.3, -0.25) is 9.59 Å². The van der Waals surface area contributed by atoms with Crippen LogP contribution in [-0.2, 0) is 11.8 Å². The molecule has 2 aromatic carbocycles. The van der Waals surface area contributed by atoms with Crippen LogP contribution in [0, 0.1) is 0 Å². The first-order chi connectivity index (χ1) is 13.8. The molecule has 1 amide bonds. The van der Waals surface area contributed by atoms with Gasteiger partial charge in [-0.2, -0.15) is 0 Å². The lowest BCUT2D eigenvalue weighted by Crippen LogP contribution is -2.14. The summed E-state index contributed by atoms with van der Waals surface area (Å²) in [5, 5.41) is 12.0. The minimum atomic E-state index is -0.165. The second-order valence-corrected chi connectivity index (χ2v) is 8.06. The van der Waals surface area contributed by atoms with Gasteiger partial charge in [0.15, 0.2) is 16.8 Å². The highest BCUT2D eigenvalue weighted by molar-refractivity contribution is 7.99. The number of amides is 1. The fourth-order valence-corrected chi connectivity index (χ4v) is 3.56. The number of benzene rings is 2. The first-order valence-corrected chi connectivity index (χ1v) is 10.4. The molecule has 150 valence electrons.